The van der Waals surface area contributed by atoms with Crippen LogP contribution in [-0.2, 0) is 14.3 Å². The minimum Gasteiger partial charge on any atom is -0.394 e. The molecular weight excluding hydrogens is 695 g/mol. The van der Waals surface area contributed by atoms with Crippen molar-refractivity contribution < 1.29 is 39.8 Å². The van der Waals surface area contributed by atoms with Crippen molar-refractivity contribution in [2.75, 3.05) is 13.2 Å². The zero-order valence-corrected chi connectivity index (χ0v) is 35.7. The average molecular weight is 784 g/mol. The number of aliphatic hydroxyl groups is 5. The van der Waals surface area contributed by atoms with Crippen LogP contribution in [0.3, 0.4) is 0 Å². The number of allylic oxidation sites excluding steroid dienone is 2. The zero-order valence-electron chi connectivity index (χ0n) is 35.7. The molecule has 0 aromatic carbocycles. The van der Waals surface area contributed by atoms with E-state index in [2.05, 4.69) is 31.3 Å². The molecule has 0 spiro atoms. The molecule has 0 aromatic heterocycles. The Bertz CT molecular complexity index is 873. The van der Waals surface area contributed by atoms with Crippen molar-refractivity contribution in [3.8, 4) is 0 Å². The van der Waals surface area contributed by atoms with E-state index >= 15 is 0 Å². The Morgan fingerprint density at radius 3 is 1.55 bits per heavy atom. The van der Waals surface area contributed by atoms with Crippen molar-refractivity contribution in [3.05, 3.63) is 12.2 Å². The molecule has 1 amide bonds. The molecule has 326 valence electrons. The van der Waals surface area contributed by atoms with Crippen LogP contribution in [0, 0.1) is 0 Å². The molecule has 1 saturated heterocycles. The molecule has 7 atom stereocenters. The minimum absolute atomic E-state index is 0.138. The van der Waals surface area contributed by atoms with Crippen LogP contribution >= 0.6 is 0 Å². The molecule has 0 aromatic rings. The Morgan fingerprint density at radius 2 is 1.05 bits per heavy atom. The molecule has 6 N–H and O–H groups in total. The number of amides is 1. The first-order chi connectivity index (χ1) is 26.8. The molecule has 0 saturated carbocycles. The highest BCUT2D eigenvalue weighted by atomic mass is 16.7. The van der Waals surface area contributed by atoms with Crippen molar-refractivity contribution >= 4 is 5.91 Å². The first-order valence-corrected chi connectivity index (χ1v) is 23.4. The van der Waals surface area contributed by atoms with Crippen molar-refractivity contribution in [2.45, 2.75) is 262 Å². The molecule has 1 aliphatic heterocycles. The predicted molar refractivity (Wildman–Crippen MR) is 226 cm³/mol. The van der Waals surface area contributed by atoms with Gasteiger partial charge in [-0.15, -0.1) is 0 Å². The lowest BCUT2D eigenvalue weighted by molar-refractivity contribution is -0.302. The van der Waals surface area contributed by atoms with Crippen LogP contribution in [0.15, 0.2) is 12.2 Å². The zero-order chi connectivity index (χ0) is 40.2. The van der Waals surface area contributed by atoms with Gasteiger partial charge in [-0.05, 0) is 32.1 Å². The van der Waals surface area contributed by atoms with Crippen molar-refractivity contribution in [2.24, 2.45) is 0 Å². The topological polar surface area (TPSA) is 149 Å². The number of rotatable bonds is 39. The molecular formula is C46H89NO8. The molecule has 7 unspecified atom stereocenters. The van der Waals surface area contributed by atoms with Gasteiger partial charge in [0.25, 0.3) is 0 Å². The van der Waals surface area contributed by atoms with E-state index in [0.29, 0.717) is 12.8 Å². The summed E-state index contributed by atoms with van der Waals surface area (Å²) in [6.45, 7) is 3.77. The van der Waals surface area contributed by atoms with E-state index in [1.807, 2.05) is 0 Å². The summed E-state index contributed by atoms with van der Waals surface area (Å²) in [5.74, 6) is -0.155. The molecule has 0 aliphatic carbocycles. The van der Waals surface area contributed by atoms with Crippen molar-refractivity contribution in [1.29, 1.82) is 0 Å². The maximum absolute atomic E-state index is 12.9. The normalized spacial score (nSPS) is 21.3. The highest BCUT2D eigenvalue weighted by molar-refractivity contribution is 5.76. The van der Waals surface area contributed by atoms with Gasteiger partial charge in [0.1, 0.15) is 24.4 Å². The van der Waals surface area contributed by atoms with Gasteiger partial charge in [-0.25, -0.2) is 0 Å². The largest absolute Gasteiger partial charge is 0.394 e. The Labute approximate surface area is 337 Å². The monoisotopic (exact) mass is 784 g/mol. The van der Waals surface area contributed by atoms with Crippen LogP contribution in [-0.4, -0.2) is 87.5 Å². The molecule has 9 heteroatoms. The molecule has 1 fully saturated rings. The van der Waals surface area contributed by atoms with Gasteiger partial charge < -0.3 is 40.3 Å². The highest BCUT2D eigenvalue weighted by Crippen LogP contribution is 2.23. The summed E-state index contributed by atoms with van der Waals surface area (Å²) in [5, 5.41) is 54.3. The molecule has 0 bridgehead atoms. The number of hydrogen-bond donors (Lipinski definition) is 6. The number of aliphatic hydroxyl groups excluding tert-OH is 5. The molecule has 55 heavy (non-hydrogen) atoms. The van der Waals surface area contributed by atoms with Gasteiger partial charge in [-0.2, -0.15) is 0 Å². The fraction of sp³-hybridized carbons (Fsp3) is 0.935. The van der Waals surface area contributed by atoms with Gasteiger partial charge in [0, 0.05) is 6.42 Å². The lowest BCUT2D eigenvalue weighted by Gasteiger charge is -2.40. The van der Waals surface area contributed by atoms with E-state index in [9.17, 15) is 30.3 Å². The maximum Gasteiger partial charge on any atom is 0.220 e. The molecule has 1 rings (SSSR count). The Kier molecular flexibility index (Phi) is 35.2. The summed E-state index contributed by atoms with van der Waals surface area (Å²) in [4.78, 5) is 12.9. The second kappa shape index (κ2) is 37.2. The predicted octanol–water partition coefficient (Wildman–Crippen LogP) is 9.73. The first kappa shape index (κ1) is 51.9. The summed E-state index contributed by atoms with van der Waals surface area (Å²) < 4.78 is 11.2. The summed E-state index contributed by atoms with van der Waals surface area (Å²) in [6, 6.07) is -0.718. The fourth-order valence-electron chi connectivity index (χ4n) is 7.58. The smallest absolute Gasteiger partial charge is 0.220 e. The van der Waals surface area contributed by atoms with Crippen LogP contribution in [0.5, 0.6) is 0 Å². The summed E-state index contributed by atoms with van der Waals surface area (Å²) >= 11 is 0. The van der Waals surface area contributed by atoms with Crippen LogP contribution in [0.1, 0.15) is 219 Å². The van der Waals surface area contributed by atoms with Gasteiger partial charge in [-0.3, -0.25) is 4.79 Å². The van der Waals surface area contributed by atoms with Crippen molar-refractivity contribution in [1.82, 2.24) is 5.32 Å². The number of ether oxygens (including phenoxy) is 2. The number of carbonyl (C=O) groups excluding carboxylic acids is 1. The van der Waals surface area contributed by atoms with E-state index in [1.165, 1.54) is 128 Å². The number of hydrogen-bond acceptors (Lipinski definition) is 8. The van der Waals surface area contributed by atoms with E-state index in [4.69, 9.17) is 9.47 Å². The van der Waals surface area contributed by atoms with Gasteiger partial charge >= 0.3 is 0 Å². The Balaban J connectivity index is 2.25. The third-order valence-electron chi connectivity index (χ3n) is 11.3. The third kappa shape index (κ3) is 28.1. The highest BCUT2D eigenvalue weighted by Gasteiger charge is 2.44. The fourth-order valence-corrected chi connectivity index (χ4v) is 7.58. The van der Waals surface area contributed by atoms with Gasteiger partial charge in [0.05, 0.1) is 25.4 Å². The van der Waals surface area contributed by atoms with Crippen molar-refractivity contribution in [3.63, 3.8) is 0 Å². The standard InChI is InChI=1S/C46H89NO8/c1-3-5-7-9-11-13-15-16-17-18-19-20-21-22-23-24-25-26-27-29-31-33-35-40(49)39(38-54-46-45(53)44(52)43(51)41(37-48)55-46)47-42(50)36-34-32-30-28-14-12-10-8-6-4-2/h8,10,39-41,43-46,48-49,51-53H,3-7,9,11-38H2,1-2H3,(H,47,50)/b10-8-. The number of carbonyl (C=O) groups is 1. The maximum atomic E-state index is 12.9. The summed E-state index contributed by atoms with van der Waals surface area (Å²) in [7, 11) is 0. The van der Waals surface area contributed by atoms with E-state index in [-0.39, 0.29) is 12.5 Å². The van der Waals surface area contributed by atoms with E-state index < -0.39 is 49.5 Å². The first-order valence-electron chi connectivity index (χ1n) is 23.4. The van der Waals surface area contributed by atoms with Gasteiger partial charge in [-0.1, -0.05) is 193 Å². The second-order valence-corrected chi connectivity index (χ2v) is 16.6. The second-order valence-electron chi connectivity index (χ2n) is 16.6. The van der Waals surface area contributed by atoms with Crippen LogP contribution in [0.25, 0.3) is 0 Å². The van der Waals surface area contributed by atoms with E-state index in [1.54, 1.807) is 0 Å². The quantitative estimate of drug-likeness (QED) is 0.0267. The minimum atomic E-state index is -1.55. The lowest BCUT2D eigenvalue weighted by atomic mass is 9.99. The SMILES string of the molecule is CCC/C=C\CCCCCCCC(=O)NC(COC1OC(CO)C(O)C(O)C1O)C(O)CCCCCCCCCCCCCCCCCCCCCCCC. The van der Waals surface area contributed by atoms with Gasteiger partial charge in [0.2, 0.25) is 5.91 Å². The molecule has 9 nitrogen and oxygen atoms in total. The van der Waals surface area contributed by atoms with Gasteiger partial charge in [0.15, 0.2) is 6.29 Å². The molecule has 1 heterocycles. The number of unbranched alkanes of at least 4 members (excludes halogenated alkanes) is 27. The summed E-state index contributed by atoms with van der Waals surface area (Å²) in [5.41, 5.74) is 0. The third-order valence-corrected chi connectivity index (χ3v) is 11.3. The van der Waals surface area contributed by atoms with Crippen LogP contribution in [0.2, 0.25) is 0 Å². The van der Waals surface area contributed by atoms with Crippen LogP contribution < -0.4 is 5.32 Å². The lowest BCUT2D eigenvalue weighted by Crippen LogP contribution is -2.60. The summed E-state index contributed by atoms with van der Waals surface area (Å²) in [6.07, 6.45) is 35.2. The number of nitrogens with one attached hydrogen (secondary N) is 1. The molecule has 0 radical (unpaired) electrons. The average Bonchev–Trinajstić information content (AvgIpc) is 3.18. The van der Waals surface area contributed by atoms with Crippen LogP contribution in [0.4, 0.5) is 0 Å². The Hall–Kier alpha value is -1.07. The Morgan fingerprint density at radius 1 is 0.600 bits per heavy atom. The molecule has 1 aliphatic rings. The van der Waals surface area contributed by atoms with E-state index in [0.717, 1.165) is 64.2 Å².